The van der Waals surface area contributed by atoms with Crippen molar-refractivity contribution in [1.82, 2.24) is 10.3 Å². The summed E-state index contributed by atoms with van der Waals surface area (Å²) >= 11 is 5.92. The lowest BCUT2D eigenvalue weighted by Gasteiger charge is -2.24. The summed E-state index contributed by atoms with van der Waals surface area (Å²) in [6, 6.07) is 8.29. The molecule has 6 nitrogen and oxygen atoms in total. The fraction of sp³-hybridized carbons (Fsp3) is 0.250. The molecule has 1 aromatic heterocycles. The number of carbonyl (C=O) groups excluding carboxylic acids is 1. The van der Waals surface area contributed by atoms with Crippen molar-refractivity contribution in [1.29, 1.82) is 0 Å². The number of nitrogens with one attached hydrogen (secondary N) is 1. The van der Waals surface area contributed by atoms with Crippen LogP contribution in [0.2, 0.25) is 5.02 Å². The Kier molecular flexibility index (Phi) is 5.80. The van der Waals surface area contributed by atoms with Crippen LogP contribution >= 0.6 is 11.6 Å². The van der Waals surface area contributed by atoms with Gasteiger partial charge >= 0.3 is 0 Å². The van der Waals surface area contributed by atoms with Gasteiger partial charge in [0.25, 0.3) is 5.91 Å². The molecule has 0 spiro atoms. The van der Waals surface area contributed by atoms with Crippen LogP contribution in [-0.4, -0.2) is 38.7 Å². The lowest BCUT2D eigenvalue weighted by molar-refractivity contribution is 0.0954. The Morgan fingerprint density at radius 1 is 1.33 bits per heavy atom. The number of benzene rings is 1. The van der Waals surface area contributed by atoms with E-state index in [4.69, 9.17) is 11.6 Å². The summed E-state index contributed by atoms with van der Waals surface area (Å²) in [5, 5.41) is 3.23. The van der Waals surface area contributed by atoms with E-state index in [2.05, 4.69) is 10.3 Å². The maximum Gasteiger partial charge on any atom is 0.252 e. The van der Waals surface area contributed by atoms with Crippen LogP contribution in [0.1, 0.15) is 15.9 Å². The molecule has 0 aliphatic carbocycles. The van der Waals surface area contributed by atoms with Gasteiger partial charge in [-0.3, -0.25) is 14.1 Å². The Morgan fingerprint density at radius 2 is 2.08 bits per heavy atom. The van der Waals surface area contributed by atoms with Crippen molar-refractivity contribution in [3.05, 3.63) is 58.9 Å². The summed E-state index contributed by atoms with van der Waals surface area (Å²) in [5.74, 6) is -0.302. The molecule has 1 amide bonds. The van der Waals surface area contributed by atoms with Gasteiger partial charge in [-0.2, -0.15) is 0 Å². The normalized spacial score (nSPS) is 11.1. The van der Waals surface area contributed by atoms with Crippen molar-refractivity contribution >= 4 is 33.2 Å². The molecule has 0 radical (unpaired) electrons. The first kappa shape index (κ1) is 18.2. The molecule has 0 unspecified atom stereocenters. The summed E-state index contributed by atoms with van der Waals surface area (Å²) in [4.78, 5) is 15.9. The second kappa shape index (κ2) is 7.63. The highest BCUT2D eigenvalue weighted by Crippen LogP contribution is 2.25. The largest absolute Gasteiger partial charge is 0.350 e. The van der Waals surface area contributed by atoms with Gasteiger partial charge in [0.15, 0.2) is 0 Å². The number of hydrogen-bond acceptors (Lipinski definition) is 4. The van der Waals surface area contributed by atoms with Crippen LogP contribution in [0.4, 0.5) is 5.69 Å². The molecule has 1 aromatic carbocycles. The zero-order chi connectivity index (χ0) is 17.7. The topological polar surface area (TPSA) is 79.4 Å². The Morgan fingerprint density at radius 3 is 2.67 bits per heavy atom. The molecule has 0 atom stereocenters. The number of halogens is 1. The predicted octanol–water partition coefficient (Wildman–Crippen LogP) is 2.24. The van der Waals surface area contributed by atoms with Crippen molar-refractivity contribution in [2.24, 2.45) is 0 Å². The van der Waals surface area contributed by atoms with Gasteiger partial charge in [-0.05, 0) is 42.8 Å². The van der Waals surface area contributed by atoms with Crippen LogP contribution < -0.4 is 9.62 Å². The number of pyridine rings is 1. The van der Waals surface area contributed by atoms with Crippen molar-refractivity contribution in [2.75, 3.05) is 23.7 Å². The molecule has 0 saturated heterocycles. The standard InChI is InChI=1S/C16H18ClN3O3S/c1-12-10-14(17)5-6-15(12)20(24(2,22)23)9-8-19-16(21)13-4-3-7-18-11-13/h3-7,10-11H,8-9H2,1-2H3,(H,19,21). The number of rotatable bonds is 6. The zero-order valence-electron chi connectivity index (χ0n) is 13.4. The predicted molar refractivity (Wildman–Crippen MR) is 94.9 cm³/mol. The molecule has 1 heterocycles. The molecule has 0 saturated carbocycles. The second-order valence-electron chi connectivity index (χ2n) is 5.26. The van der Waals surface area contributed by atoms with Gasteiger partial charge < -0.3 is 5.32 Å². The zero-order valence-corrected chi connectivity index (χ0v) is 14.9. The molecule has 128 valence electrons. The fourth-order valence-corrected chi connectivity index (χ4v) is 3.45. The average Bonchev–Trinajstić information content (AvgIpc) is 2.52. The van der Waals surface area contributed by atoms with E-state index in [0.717, 1.165) is 11.8 Å². The van der Waals surface area contributed by atoms with E-state index in [-0.39, 0.29) is 19.0 Å². The van der Waals surface area contributed by atoms with Gasteiger partial charge in [0.1, 0.15) is 0 Å². The van der Waals surface area contributed by atoms with Crippen molar-refractivity contribution in [3.63, 3.8) is 0 Å². The highest BCUT2D eigenvalue weighted by molar-refractivity contribution is 7.92. The summed E-state index contributed by atoms with van der Waals surface area (Å²) in [6.07, 6.45) is 4.16. The van der Waals surface area contributed by atoms with E-state index < -0.39 is 10.0 Å². The van der Waals surface area contributed by atoms with E-state index in [0.29, 0.717) is 16.3 Å². The van der Waals surface area contributed by atoms with Crippen LogP contribution in [0, 0.1) is 6.92 Å². The summed E-state index contributed by atoms with van der Waals surface area (Å²) in [5.41, 5.74) is 1.70. The van der Waals surface area contributed by atoms with Gasteiger partial charge in [-0.15, -0.1) is 0 Å². The molecular weight excluding hydrogens is 350 g/mol. The molecule has 2 rings (SSSR count). The second-order valence-corrected chi connectivity index (χ2v) is 7.61. The average molecular weight is 368 g/mol. The molecule has 0 bridgehead atoms. The third kappa shape index (κ3) is 4.69. The van der Waals surface area contributed by atoms with Gasteiger partial charge in [0, 0.05) is 24.0 Å². The Balaban J connectivity index is 2.09. The van der Waals surface area contributed by atoms with Crippen molar-refractivity contribution in [2.45, 2.75) is 6.92 Å². The van der Waals surface area contributed by atoms with Crippen LogP contribution in [0.3, 0.4) is 0 Å². The van der Waals surface area contributed by atoms with Gasteiger partial charge in [0.05, 0.1) is 24.1 Å². The van der Waals surface area contributed by atoms with Crippen molar-refractivity contribution < 1.29 is 13.2 Å². The third-order valence-corrected chi connectivity index (χ3v) is 4.77. The molecule has 8 heteroatoms. The van der Waals surface area contributed by atoms with Gasteiger partial charge in [-0.1, -0.05) is 11.6 Å². The number of aromatic nitrogens is 1. The van der Waals surface area contributed by atoms with Crippen LogP contribution in [-0.2, 0) is 10.0 Å². The van der Waals surface area contributed by atoms with Gasteiger partial charge in [0.2, 0.25) is 10.0 Å². The Labute approximate surface area is 146 Å². The minimum Gasteiger partial charge on any atom is -0.350 e. The van der Waals surface area contributed by atoms with E-state index in [1.807, 2.05) is 0 Å². The SMILES string of the molecule is Cc1cc(Cl)ccc1N(CCNC(=O)c1cccnc1)S(C)(=O)=O. The summed E-state index contributed by atoms with van der Waals surface area (Å²) in [7, 11) is -3.49. The smallest absolute Gasteiger partial charge is 0.252 e. The number of carbonyl (C=O) groups is 1. The lowest BCUT2D eigenvalue weighted by Crippen LogP contribution is -2.38. The van der Waals surface area contributed by atoms with Crippen molar-refractivity contribution in [3.8, 4) is 0 Å². The molecule has 24 heavy (non-hydrogen) atoms. The Bertz CT molecular complexity index is 826. The fourth-order valence-electron chi connectivity index (χ4n) is 2.23. The molecule has 0 fully saturated rings. The maximum atomic E-state index is 12.1. The number of sulfonamides is 1. The van der Waals surface area contributed by atoms with Crippen LogP contribution in [0.25, 0.3) is 0 Å². The number of amides is 1. The van der Waals surface area contributed by atoms with Gasteiger partial charge in [-0.25, -0.2) is 8.42 Å². The third-order valence-electron chi connectivity index (χ3n) is 3.35. The molecule has 1 N–H and O–H groups in total. The van der Waals surface area contributed by atoms with E-state index in [1.54, 1.807) is 43.5 Å². The van der Waals surface area contributed by atoms with E-state index in [1.165, 1.54) is 10.5 Å². The van der Waals surface area contributed by atoms with Crippen LogP contribution in [0.15, 0.2) is 42.7 Å². The minimum atomic E-state index is -3.49. The number of anilines is 1. The maximum absolute atomic E-state index is 12.1. The number of nitrogens with zero attached hydrogens (tertiary/aromatic N) is 2. The first-order chi connectivity index (χ1) is 11.3. The first-order valence-electron chi connectivity index (χ1n) is 7.21. The molecular formula is C16H18ClN3O3S. The summed E-state index contributed by atoms with van der Waals surface area (Å²) < 4.78 is 25.4. The molecule has 0 aliphatic rings. The quantitative estimate of drug-likeness (QED) is 0.849. The Hall–Kier alpha value is -2.12. The summed E-state index contributed by atoms with van der Waals surface area (Å²) in [6.45, 7) is 2.07. The highest BCUT2D eigenvalue weighted by Gasteiger charge is 2.19. The minimum absolute atomic E-state index is 0.118. The van der Waals surface area contributed by atoms with E-state index >= 15 is 0 Å². The molecule has 0 aliphatic heterocycles. The molecule has 2 aromatic rings. The highest BCUT2D eigenvalue weighted by atomic mass is 35.5. The van der Waals surface area contributed by atoms with Crippen LogP contribution in [0.5, 0.6) is 0 Å². The first-order valence-corrected chi connectivity index (χ1v) is 9.44. The monoisotopic (exact) mass is 367 g/mol. The lowest BCUT2D eigenvalue weighted by atomic mass is 10.2. The number of aryl methyl sites for hydroxylation is 1. The van der Waals surface area contributed by atoms with E-state index in [9.17, 15) is 13.2 Å². The number of hydrogen-bond donors (Lipinski definition) is 1.